The van der Waals surface area contributed by atoms with Gasteiger partial charge in [-0.05, 0) is 19.4 Å². The van der Waals surface area contributed by atoms with Gasteiger partial charge in [0.15, 0.2) is 0 Å². The number of ether oxygens (including phenoxy) is 5. The Bertz CT molecular complexity index is 242. The molecule has 1 aliphatic rings. The fourth-order valence-corrected chi connectivity index (χ4v) is 2.34. The number of methoxy groups -OCH3 is 2. The lowest BCUT2D eigenvalue weighted by Crippen LogP contribution is -2.60. The molecule has 0 saturated heterocycles. The Kier molecular flexibility index (Phi) is 11.0. The predicted molar refractivity (Wildman–Crippen MR) is 80.7 cm³/mol. The third-order valence-electron chi connectivity index (χ3n) is 3.51. The second-order valence-electron chi connectivity index (χ2n) is 5.10. The van der Waals surface area contributed by atoms with Gasteiger partial charge in [0.1, 0.15) is 0 Å². The Morgan fingerprint density at radius 2 is 1.67 bits per heavy atom. The van der Waals surface area contributed by atoms with E-state index in [0.29, 0.717) is 45.7 Å². The molecule has 0 amide bonds. The molecule has 6 nitrogen and oxygen atoms in total. The van der Waals surface area contributed by atoms with E-state index in [1.165, 1.54) is 0 Å². The van der Waals surface area contributed by atoms with E-state index in [0.717, 1.165) is 19.4 Å². The number of likely N-dealkylation sites (N-methyl/N-ethyl adjacent to an activating group) is 1. The van der Waals surface area contributed by atoms with E-state index in [1.54, 1.807) is 14.2 Å². The van der Waals surface area contributed by atoms with Crippen LogP contribution in [0.4, 0.5) is 0 Å². The zero-order chi connectivity index (χ0) is 15.3. The lowest BCUT2D eigenvalue weighted by Gasteiger charge is -2.44. The summed E-state index contributed by atoms with van der Waals surface area (Å²) in [4.78, 5) is 0. The molecule has 1 aliphatic carbocycles. The molecule has 0 spiro atoms. The summed E-state index contributed by atoms with van der Waals surface area (Å²) in [6.07, 6.45) is 2.23. The zero-order valence-corrected chi connectivity index (χ0v) is 13.6. The molecule has 0 bridgehead atoms. The molecule has 0 aliphatic heterocycles. The van der Waals surface area contributed by atoms with Gasteiger partial charge in [-0.25, -0.2) is 0 Å². The summed E-state index contributed by atoms with van der Waals surface area (Å²) < 4.78 is 27.1. The summed E-state index contributed by atoms with van der Waals surface area (Å²) >= 11 is 0. The summed E-state index contributed by atoms with van der Waals surface area (Å²) in [6, 6.07) is 0.398. The molecule has 3 atom stereocenters. The molecule has 0 heterocycles. The Hall–Kier alpha value is -0.240. The van der Waals surface area contributed by atoms with Crippen LogP contribution in [0.25, 0.3) is 0 Å². The van der Waals surface area contributed by atoms with Crippen molar-refractivity contribution in [1.29, 1.82) is 0 Å². The van der Waals surface area contributed by atoms with Gasteiger partial charge in [-0.2, -0.15) is 0 Å². The van der Waals surface area contributed by atoms with Crippen LogP contribution in [0, 0.1) is 0 Å². The van der Waals surface area contributed by atoms with Crippen molar-refractivity contribution in [3.05, 3.63) is 0 Å². The molecule has 0 aromatic heterocycles. The van der Waals surface area contributed by atoms with E-state index in [9.17, 15) is 0 Å². The first-order chi connectivity index (χ1) is 10.3. The second-order valence-corrected chi connectivity index (χ2v) is 5.10. The van der Waals surface area contributed by atoms with Crippen LogP contribution in [-0.2, 0) is 23.7 Å². The molecule has 21 heavy (non-hydrogen) atoms. The minimum atomic E-state index is 0.134. The van der Waals surface area contributed by atoms with Crippen LogP contribution in [0.5, 0.6) is 0 Å². The number of nitrogens with one attached hydrogen (secondary N) is 1. The lowest BCUT2D eigenvalue weighted by molar-refractivity contribution is -0.153. The van der Waals surface area contributed by atoms with Crippen LogP contribution in [0.2, 0.25) is 0 Å². The summed E-state index contributed by atoms with van der Waals surface area (Å²) in [5, 5.41) is 3.43. The van der Waals surface area contributed by atoms with Gasteiger partial charge in [0.05, 0.1) is 38.6 Å². The Morgan fingerprint density at radius 3 is 2.38 bits per heavy atom. The summed E-state index contributed by atoms with van der Waals surface area (Å²) in [5.41, 5.74) is 0. The van der Waals surface area contributed by atoms with Gasteiger partial charge in [-0.15, -0.1) is 0 Å². The zero-order valence-electron chi connectivity index (χ0n) is 13.6. The maximum absolute atomic E-state index is 5.89. The van der Waals surface area contributed by atoms with Crippen molar-refractivity contribution in [2.75, 3.05) is 60.4 Å². The van der Waals surface area contributed by atoms with Crippen molar-refractivity contribution in [3.63, 3.8) is 0 Å². The monoisotopic (exact) mass is 305 g/mol. The van der Waals surface area contributed by atoms with Gasteiger partial charge in [-0.3, -0.25) is 0 Å². The molecule has 1 rings (SSSR count). The predicted octanol–water partition coefficient (Wildman–Crippen LogP) is 0.838. The molecule has 6 heteroatoms. The Morgan fingerprint density at radius 1 is 0.905 bits per heavy atom. The van der Waals surface area contributed by atoms with E-state index in [1.807, 2.05) is 0 Å². The topological polar surface area (TPSA) is 58.2 Å². The number of hydrogen-bond donors (Lipinski definition) is 1. The van der Waals surface area contributed by atoms with Gasteiger partial charge < -0.3 is 29.0 Å². The van der Waals surface area contributed by atoms with Crippen molar-refractivity contribution in [2.24, 2.45) is 0 Å². The van der Waals surface area contributed by atoms with Crippen molar-refractivity contribution >= 4 is 0 Å². The standard InChI is InChI=1S/C15H31NO5/c1-4-16-13-12-14(15(13)21-11-9-18-3)20-7-5-6-19-10-8-17-2/h13-16H,4-12H2,1-3H3. The van der Waals surface area contributed by atoms with Gasteiger partial charge in [-0.1, -0.05) is 6.92 Å². The quantitative estimate of drug-likeness (QED) is 0.480. The van der Waals surface area contributed by atoms with Gasteiger partial charge in [0.25, 0.3) is 0 Å². The first-order valence-electron chi connectivity index (χ1n) is 7.85. The first-order valence-corrected chi connectivity index (χ1v) is 7.85. The van der Waals surface area contributed by atoms with E-state index in [4.69, 9.17) is 23.7 Å². The fraction of sp³-hybridized carbons (Fsp3) is 1.00. The van der Waals surface area contributed by atoms with Crippen LogP contribution < -0.4 is 5.32 Å². The largest absolute Gasteiger partial charge is 0.382 e. The van der Waals surface area contributed by atoms with Gasteiger partial charge in [0, 0.05) is 33.5 Å². The van der Waals surface area contributed by atoms with Crippen molar-refractivity contribution in [1.82, 2.24) is 5.32 Å². The van der Waals surface area contributed by atoms with Crippen molar-refractivity contribution in [3.8, 4) is 0 Å². The van der Waals surface area contributed by atoms with Crippen LogP contribution in [-0.4, -0.2) is 78.7 Å². The molecule has 0 aromatic carbocycles. The number of hydrogen-bond acceptors (Lipinski definition) is 6. The molecule has 0 aromatic rings. The SMILES string of the molecule is CCNC1CC(OCCCOCCOC)C1OCCOC. The molecule has 3 unspecified atom stereocenters. The average Bonchev–Trinajstić information content (AvgIpc) is 2.48. The minimum absolute atomic E-state index is 0.134. The van der Waals surface area contributed by atoms with Crippen LogP contribution in [0.15, 0.2) is 0 Å². The highest BCUT2D eigenvalue weighted by atomic mass is 16.6. The fourth-order valence-electron chi connectivity index (χ4n) is 2.34. The highest BCUT2D eigenvalue weighted by Crippen LogP contribution is 2.27. The smallest absolute Gasteiger partial charge is 0.0991 e. The highest BCUT2D eigenvalue weighted by Gasteiger charge is 2.42. The Labute approximate surface area is 128 Å². The summed E-state index contributed by atoms with van der Waals surface area (Å²) in [7, 11) is 3.36. The van der Waals surface area contributed by atoms with Gasteiger partial charge >= 0.3 is 0 Å². The average molecular weight is 305 g/mol. The first kappa shape index (κ1) is 18.8. The van der Waals surface area contributed by atoms with Gasteiger partial charge in [0.2, 0.25) is 0 Å². The van der Waals surface area contributed by atoms with Crippen LogP contribution >= 0.6 is 0 Å². The maximum Gasteiger partial charge on any atom is 0.0991 e. The molecule has 1 saturated carbocycles. The molecule has 126 valence electrons. The van der Waals surface area contributed by atoms with Crippen molar-refractivity contribution < 1.29 is 23.7 Å². The second kappa shape index (κ2) is 12.3. The normalized spacial score (nSPS) is 25.0. The number of rotatable bonds is 14. The summed E-state index contributed by atoms with van der Waals surface area (Å²) in [5.74, 6) is 0. The molecule has 0 radical (unpaired) electrons. The molecular weight excluding hydrogens is 274 g/mol. The Balaban J connectivity index is 2.08. The van der Waals surface area contributed by atoms with Crippen molar-refractivity contribution in [2.45, 2.75) is 38.0 Å². The maximum atomic E-state index is 5.89. The summed E-state index contributed by atoms with van der Waals surface area (Å²) in [6.45, 7) is 7.00. The molecular formula is C15H31NO5. The lowest BCUT2D eigenvalue weighted by atomic mass is 9.85. The van der Waals surface area contributed by atoms with E-state index in [2.05, 4.69) is 12.2 Å². The third-order valence-corrected chi connectivity index (χ3v) is 3.51. The highest BCUT2D eigenvalue weighted by molar-refractivity contribution is 4.97. The van der Waals surface area contributed by atoms with E-state index >= 15 is 0 Å². The molecule has 1 fully saturated rings. The third kappa shape index (κ3) is 7.54. The van der Waals surface area contributed by atoms with E-state index < -0.39 is 0 Å². The van der Waals surface area contributed by atoms with Crippen LogP contribution in [0.1, 0.15) is 19.8 Å². The minimum Gasteiger partial charge on any atom is -0.382 e. The van der Waals surface area contributed by atoms with E-state index in [-0.39, 0.29) is 12.2 Å². The molecule has 1 N–H and O–H groups in total. The van der Waals surface area contributed by atoms with Crippen LogP contribution in [0.3, 0.4) is 0 Å².